The lowest BCUT2D eigenvalue weighted by Gasteiger charge is -2.30. The van der Waals surface area contributed by atoms with E-state index in [0.29, 0.717) is 32.2 Å². The monoisotopic (exact) mass is 1040 g/mol. The lowest BCUT2D eigenvalue weighted by Crippen LogP contribution is -2.42. The molecule has 0 aliphatic carbocycles. The average Bonchev–Trinajstić information content (AvgIpc) is 3.35. The molecule has 0 bridgehead atoms. The van der Waals surface area contributed by atoms with Gasteiger partial charge in [-0.2, -0.15) is 0 Å². The first-order valence-corrected chi connectivity index (χ1v) is 31.0. The second-order valence-electron chi connectivity index (χ2n) is 21.1. The van der Waals surface area contributed by atoms with Gasteiger partial charge in [0.2, 0.25) is 0 Å². The molecule has 11 nitrogen and oxygen atoms in total. The van der Waals surface area contributed by atoms with Gasteiger partial charge in [0.25, 0.3) is 11.3 Å². The summed E-state index contributed by atoms with van der Waals surface area (Å²) >= 11 is 5.38. The van der Waals surface area contributed by atoms with Gasteiger partial charge in [-0.1, -0.05) is 195 Å². The van der Waals surface area contributed by atoms with Crippen molar-refractivity contribution in [1.82, 2.24) is 10.2 Å². The molecular weight excluding hydrogens is 925 g/mol. The Hall–Kier alpha value is -2.47. The molecule has 0 spiro atoms. The van der Waals surface area contributed by atoms with E-state index in [9.17, 15) is 19.2 Å². The molecule has 1 rings (SSSR count). The van der Waals surface area contributed by atoms with Crippen molar-refractivity contribution in [2.24, 2.45) is 0 Å². The fourth-order valence-electron chi connectivity index (χ4n) is 9.36. The molecule has 1 aliphatic heterocycles. The minimum Gasteiger partial charge on any atom is -0.462 e. The summed E-state index contributed by atoms with van der Waals surface area (Å²) in [6.07, 6.45) is 43.1. The molecule has 12 heteroatoms. The lowest BCUT2D eigenvalue weighted by atomic mass is 10.0. The van der Waals surface area contributed by atoms with Crippen LogP contribution in [0.4, 0.5) is 0 Å². The number of ether oxygens (including phenoxy) is 5. The molecule has 0 saturated carbocycles. The predicted octanol–water partition coefficient (Wildman–Crippen LogP) is 15.9. The summed E-state index contributed by atoms with van der Waals surface area (Å²) in [5.74, 6) is -1.78. The molecule has 0 aromatic rings. The van der Waals surface area contributed by atoms with E-state index in [1.54, 1.807) is 0 Å². The van der Waals surface area contributed by atoms with E-state index >= 15 is 0 Å². The van der Waals surface area contributed by atoms with Gasteiger partial charge in [0, 0.05) is 19.4 Å². The van der Waals surface area contributed by atoms with Crippen LogP contribution in [0.1, 0.15) is 297 Å². The topological polar surface area (TPSA) is 130 Å². The molecule has 1 aliphatic rings. The maximum atomic E-state index is 13.2. The number of hydrogen-bond donors (Lipinski definition) is 1. The molecule has 1 saturated heterocycles. The predicted molar refractivity (Wildman–Crippen MR) is 300 cm³/mol. The molecule has 1 N–H and O–H groups in total. The van der Waals surface area contributed by atoms with Crippen LogP contribution in [0, 0.1) is 0 Å². The van der Waals surface area contributed by atoms with E-state index < -0.39 is 18.0 Å². The van der Waals surface area contributed by atoms with Crippen molar-refractivity contribution in [2.45, 2.75) is 316 Å². The number of nitrogens with one attached hydrogen (secondary N) is 1. The van der Waals surface area contributed by atoms with Crippen LogP contribution in [-0.4, -0.2) is 91.7 Å². The molecule has 0 amide bonds. The first kappa shape index (κ1) is 67.5. The molecule has 2 atom stereocenters. The van der Waals surface area contributed by atoms with Crippen molar-refractivity contribution in [2.75, 3.05) is 39.4 Å². The van der Waals surface area contributed by atoms with Gasteiger partial charge in [0.1, 0.15) is 12.2 Å². The highest BCUT2D eigenvalue weighted by Gasteiger charge is 2.33. The van der Waals surface area contributed by atoms with E-state index in [1.807, 2.05) is 0 Å². The van der Waals surface area contributed by atoms with Crippen molar-refractivity contribution in [3.05, 3.63) is 0 Å². The van der Waals surface area contributed by atoms with E-state index in [4.69, 9.17) is 35.9 Å². The van der Waals surface area contributed by atoms with E-state index in [2.05, 4.69) is 37.9 Å². The Bertz CT molecular complexity index is 1280. The molecule has 0 aromatic heterocycles. The van der Waals surface area contributed by atoms with Gasteiger partial charge in [-0.05, 0) is 122 Å². The van der Waals surface area contributed by atoms with Gasteiger partial charge in [0.05, 0.1) is 13.2 Å². The molecular formula is C60H112N2O9S. The summed E-state index contributed by atoms with van der Waals surface area (Å²) in [6.45, 7) is 13.0. The zero-order valence-corrected chi connectivity index (χ0v) is 48.0. The van der Waals surface area contributed by atoms with Crippen LogP contribution in [0.5, 0.6) is 0 Å². The van der Waals surface area contributed by atoms with Gasteiger partial charge in [-0.25, -0.2) is 9.59 Å². The quantitative estimate of drug-likeness (QED) is 0.0205. The fourth-order valence-corrected chi connectivity index (χ4v) is 9.56. The highest BCUT2D eigenvalue weighted by atomic mass is 32.1. The minimum atomic E-state index is -1.60. The zero-order valence-electron chi connectivity index (χ0n) is 47.2. The fraction of sp³-hybridized carbons (Fsp3) is 0.917. The molecule has 2 unspecified atom stereocenters. The number of thiocarbonyl (C=S) groups is 1. The smallest absolute Gasteiger partial charge is 0.359 e. The number of unbranched alkanes of at least 4 members (excludes halogenated alkanes) is 28. The summed E-state index contributed by atoms with van der Waals surface area (Å²) in [5, 5.41) is 3.00. The maximum Gasteiger partial charge on any atom is 0.359 e. The van der Waals surface area contributed by atoms with Crippen LogP contribution in [-0.2, 0) is 42.9 Å². The largest absolute Gasteiger partial charge is 0.462 e. The highest BCUT2D eigenvalue weighted by molar-refractivity contribution is 7.80. The third kappa shape index (κ3) is 41.8. The second kappa shape index (κ2) is 50.7. The summed E-state index contributed by atoms with van der Waals surface area (Å²) in [5.41, 5.74) is 0. The first-order chi connectivity index (χ1) is 35.2. The Morgan fingerprint density at radius 3 is 1.11 bits per heavy atom. The van der Waals surface area contributed by atoms with Crippen LogP contribution in [0.25, 0.3) is 0 Å². The van der Waals surface area contributed by atoms with Crippen molar-refractivity contribution < 1.29 is 42.9 Å². The Morgan fingerprint density at radius 1 is 0.431 bits per heavy atom. The number of carbonyl (C=O) groups is 4. The zero-order chi connectivity index (χ0) is 52.4. The van der Waals surface area contributed by atoms with Crippen molar-refractivity contribution >= 4 is 41.3 Å². The average molecular weight is 1040 g/mol. The molecule has 422 valence electrons. The minimum absolute atomic E-state index is 0.0261. The van der Waals surface area contributed by atoms with E-state index in [-0.39, 0.29) is 42.5 Å². The number of likely N-dealkylation sites (tertiary alicyclic amines) is 1. The third-order valence-corrected chi connectivity index (χ3v) is 14.4. The standard InChI is InChI=1S/C60H112N2O9S/c1-5-9-13-17-20-26-34-44-53(41-31-23-16-12-8-4)69-55(63)45-35-27-21-29-37-51-67-58(65)57(71-60(72)61-47-39-48-62-49-40-50-62)59(66)68-52-38-30-22-28-36-46-56(64)70-54(42-32-24-18-14-10-6-2)43-33-25-19-15-11-7-3/h53-54,57H,5-52H2,1-4H3,(H,61,72). The Balaban J connectivity index is 2.46. The van der Waals surface area contributed by atoms with Crippen LogP contribution < -0.4 is 5.32 Å². The van der Waals surface area contributed by atoms with Gasteiger partial charge in [-0.15, -0.1) is 0 Å². The number of nitrogens with zero attached hydrogens (tertiary/aromatic N) is 1. The number of hydrogen-bond acceptors (Lipinski definition) is 11. The third-order valence-electron chi connectivity index (χ3n) is 14.2. The summed E-state index contributed by atoms with van der Waals surface area (Å²) in [4.78, 5) is 54.5. The normalized spacial score (nSPS) is 13.3. The summed E-state index contributed by atoms with van der Waals surface area (Å²) in [6, 6.07) is 0. The molecule has 72 heavy (non-hydrogen) atoms. The van der Waals surface area contributed by atoms with Crippen molar-refractivity contribution in [3.8, 4) is 0 Å². The Kier molecular flexibility index (Phi) is 47.5. The van der Waals surface area contributed by atoms with Gasteiger partial charge >= 0.3 is 23.9 Å². The van der Waals surface area contributed by atoms with E-state index in [0.717, 1.165) is 129 Å². The SMILES string of the molecule is CCCCCCCCCC(CCCCCCC)OC(=O)CCCCCCCOC(=O)C(OC(=S)NCCCN1CCC1)C(=O)OCCCCCCCC(=O)OC(CCCCCCCC)CCCCCCCC. The van der Waals surface area contributed by atoms with Crippen LogP contribution in [0.2, 0.25) is 0 Å². The summed E-state index contributed by atoms with van der Waals surface area (Å²) in [7, 11) is 0. The van der Waals surface area contributed by atoms with Gasteiger partial charge in [-0.3, -0.25) is 9.59 Å². The van der Waals surface area contributed by atoms with Gasteiger partial charge in [0.15, 0.2) is 0 Å². The molecule has 0 aromatic carbocycles. The maximum absolute atomic E-state index is 13.2. The van der Waals surface area contributed by atoms with Crippen LogP contribution in [0.15, 0.2) is 0 Å². The second-order valence-corrected chi connectivity index (χ2v) is 21.5. The number of carbonyl (C=O) groups excluding carboxylic acids is 4. The molecule has 1 fully saturated rings. The molecule has 0 radical (unpaired) electrons. The van der Waals surface area contributed by atoms with Crippen molar-refractivity contribution in [3.63, 3.8) is 0 Å². The summed E-state index contributed by atoms with van der Waals surface area (Å²) < 4.78 is 28.8. The van der Waals surface area contributed by atoms with Crippen LogP contribution >= 0.6 is 12.2 Å². The van der Waals surface area contributed by atoms with Crippen LogP contribution in [0.3, 0.4) is 0 Å². The molecule has 1 heterocycles. The first-order valence-electron chi connectivity index (χ1n) is 30.6. The van der Waals surface area contributed by atoms with E-state index in [1.165, 1.54) is 135 Å². The number of rotatable bonds is 53. The Morgan fingerprint density at radius 2 is 0.764 bits per heavy atom. The van der Waals surface area contributed by atoms with Gasteiger partial charge < -0.3 is 33.9 Å². The lowest BCUT2D eigenvalue weighted by molar-refractivity contribution is -0.168. The highest BCUT2D eigenvalue weighted by Crippen LogP contribution is 2.21. The number of esters is 4. The Labute approximate surface area is 447 Å². The van der Waals surface area contributed by atoms with Crippen molar-refractivity contribution in [1.29, 1.82) is 0 Å².